The third-order valence-electron chi connectivity index (χ3n) is 3.74. The fourth-order valence-corrected chi connectivity index (χ4v) is 2.23. The molecular formula is C13H24N4O2. The van der Waals surface area contributed by atoms with Gasteiger partial charge in [0.15, 0.2) is 0 Å². The molecule has 2 fully saturated rings. The second kappa shape index (κ2) is 6.34. The number of nitrogens with two attached hydrogens (primary N) is 1. The molecular weight excluding hydrogens is 244 g/mol. The van der Waals surface area contributed by atoms with Gasteiger partial charge in [-0.3, -0.25) is 14.5 Å². The Bertz CT molecular complexity index is 336. The summed E-state index contributed by atoms with van der Waals surface area (Å²) < 4.78 is 0. The van der Waals surface area contributed by atoms with Gasteiger partial charge in [-0.15, -0.1) is 0 Å². The Balaban J connectivity index is 1.67. The molecule has 3 N–H and O–H groups in total. The number of carbonyl (C=O) groups excluding carboxylic acids is 2. The number of likely N-dealkylation sites (tertiary alicyclic amines) is 1. The van der Waals surface area contributed by atoms with Crippen molar-refractivity contribution in [3.8, 4) is 0 Å². The predicted molar refractivity (Wildman–Crippen MR) is 72.5 cm³/mol. The molecule has 0 unspecified atom stereocenters. The number of nitrogens with one attached hydrogen (secondary N) is 1. The highest BCUT2D eigenvalue weighted by Gasteiger charge is 2.25. The van der Waals surface area contributed by atoms with Crippen LogP contribution in [0, 0.1) is 0 Å². The van der Waals surface area contributed by atoms with E-state index in [9.17, 15) is 9.59 Å². The van der Waals surface area contributed by atoms with Gasteiger partial charge in [-0.2, -0.15) is 0 Å². The van der Waals surface area contributed by atoms with E-state index in [0.717, 1.165) is 38.8 Å². The quantitative estimate of drug-likeness (QED) is 0.680. The Morgan fingerprint density at radius 3 is 2.47 bits per heavy atom. The summed E-state index contributed by atoms with van der Waals surface area (Å²) in [4.78, 5) is 27.2. The van der Waals surface area contributed by atoms with Crippen LogP contribution in [-0.2, 0) is 9.59 Å². The fourth-order valence-electron chi connectivity index (χ4n) is 2.23. The lowest BCUT2D eigenvalue weighted by molar-refractivity contribution is -0.135. The first kappa shape index (κ1) is 14.3. The van der Waals surface area contributed by atoms with Crippen LogP contribution < -0.4 is 11.1 Å². The minimum atomic E-state index is -0.0565. The van der Waals surface area contributed by atoms with Crippen molar-refractivity contribution < 1.29 is 9.59 Å². The van der Waals surface area contributed by atoms with Crippen molar-refractivity contribution in [2.75, 3.05) is 33.2 Å². The second-order valence-corrected chi connectivity index (χ2v) is 5.71. The number of piperidine rings is 1. The SMILES string of the molecule is CN(CC(=O)NC1CC1)C(=O)CN1CCC(N)CC1. The van der Waals surface area contributed by atoms with Gasteiger partial charge in [0.2, 0.25) is 11.8 Å². The molecule has 19 heavy (non-hydrogen) atoms. The first-order valence-electron chi connectivity index (χ1n) is 7.06. The highest BCUT2D eigenvalue weighted by atomic mass is 16.2. The van der Waals surface area contributed by atoms with Crippen LogP contribution in [0.5, 0.6) is 0 Å². The van der Waals surface area contributed by atoms with Crippen molar-refractivity contribution in [2.24, 2.45) is 5.73 Å². The van der Waals surface area contributed by atoms with Gasteiger partial charge in [-0.1, -0.05) is 0 Å². The summed E-state index contributed by atoms with van der Waals surface area (Å²) in [7, 11) is 1.69. The second-order valence-electron chi connectivity index (χ2n) is 5.71. The third-order valence-corrected chi connectivity index (χ3v) is 3.74. The van der Waals surface area contributed by atoms with E-state index >= 15 is 0 Å². The number of amides is 2. The molecule has 2 aliphatic rings. The predicted octanol–water partition coefficient (Wildman–Crippen LogP) is -0.853. The Hall–Kier alpha value is -1.14. The molecule has 0 spiro atoms. The average Bonchev–Trinajstić information content (AvgIpc) is 3.15. The van der Waals surface area contributed by atoms with E-state index in [1.54, 1.807) is 7.05 Å². The van der Waals surface area contributed by atoms with E-state index in [-0.39, 0.29) is 24.4 Å². The minimum absolute atomic E-state index is 0.00131. The van der Waals surface area contributed by atoms with Crippen LogP contribution in [0.3, 0.4) is 0 Å². The van der Waals surface area contributed by atoms with Crippen molar-refractivity contribution in [3.05, 3.63) is 0 Å². The Kier molecular flexibility index (Phi) is 4.76. The molecule has 6 nitrogen and oxygen atoms in total. The fraction of sp³-hybridized carbons (Fsp3) is 0.846. The molecule has 2 rings (SSSR count). The van der Waals surface area contributed by atoms with Crippen molar-refractivity contribution in [2.45, 2.75) is 37.8 Å². The van der Waals surface area contributed by atoms with Crippen LogP contribution in [0.4, 0.5) is 0 Å². The number of rotatable bonds is 5. The van der Waals surface area contributed by atoms with Crippen molar-refractivity contribution in [1.82, 2.24) is 15.1 Å². The first-order chi connectivity index (χ1) is 9.04. The summed E-state index contributed by atoms with van der Waals surface area (Å²) in [5, 5.41) is 2.89. The van der Waals surface area contributed by atoms with Gasteiger partial charge in [0.1, 0.15) is 0 Å². The lowest BCUT2D eigenvalue weighted by Crippen LogP contribution is -2.47. The summed E-state index contributed by atoms with van der Waals surface area (Å²) in [6, 6.07) is 0.619. The van der Waals surface area contributed by atoms with Gasteiger partial charge in [0.25, 0.3) is 0 Å². The van der Waals surface area contributed by atoms with Crippen LogP contribution >= 0.6 is 0 Å². The molecule has 1 saturated heterocycles. The minimum Gasteiger partial charge on any atom is -0.352 e. The van der Waals surface area contributed by atoms with E-state index in [2.05, 4.69) is 10.2 Å². The van der Waals surface area contributed by atoms with E-state index in [4.69, 9.17) is 5.73 Å². The molecule has 1 heterocycles. The molecule has 1 saturated carbocycles. The maximum absolute atomic E-state index is 12.0. The third kappa shape index (κ3) is 4.80. The van der Waals surface area contributed by atoms with E-state index in [0.29, 0.717) is 12.6 Å². The molecule has 0 aromatic rings. The van der Waals surface area contributed by atoms with Crippen molar-refractivity contribution in [1.29, 1.82) is 0 Å². The molecule has 1 aliphatic heterocycles. The summed E-state index contributed by atoms with van der Waals surface area (Å²) in [5.41, 5.74) is 5.83. The van der Waals surface area contributed by atoms with E-state index < -0.39 is 0 Å². The van der Waals surface area contributed by atoms with E-state index in [1.807, 2.05) is 0 Å². The Labute approximate surface area is 114 Å². The zero-order valence-corrected chi connectivity index (χ0v) is 11.6. The Morgan fingerprint density at radius 1 is 1.26 bits per heavy atom. The number of hydrogen-bond donors (Lipinski definition) is 2. The lowest BCUT2D eigenvalue weighted by atomic mass is 10.1. The first-order valence-corrected chi connectivity index (χ1v) is 7.06. The summed E-state index contributed by atoms with van der Waals surface area (Å²) in [6.07, 6.45) is 4.02. The van der Waals surface area contributed by atoms with Gasteiger partial charge >= 0.3 is 0 Å². The summed E-state index contributed by atoms with van der Waals surface area (Å²) in [6.45, 7) is 2.28. The van der Waals surface area contributed by atoms with Crippen molar-refractivity contribution >= 4 is 11.8 Å². The summed E-state index contributed by atoms with van der Waals surface area (Å²) in [5.74, 6) is -0.0552. The molecule has 0 bridgehead atoms. The Morgan fingerprint density at radius 2 is 1.89 bits per heavy atom. The number of likely N-dealkylation sites (N-methyl/N-ethyl adjacent to an activating group) is 1. The van der Waals surface area contributed by atoms with Gasteiger partial charge in [0.05, 0.1) is 13.1 Å². The molecule has 0 aromatic carbocycles. The summed E-state index contributed by atoms with van der Waals surface area (Å²) >= 11 is 0. The van der Waals surface area contributed by atoms with Crippen LogP contribution in [0.15, 0.2) is 0 Å². The molecule has 0 atom stereocenters. The van der Waals surface area contributed by atoms with Crippen LogP contribution in [-0.4, -0.2) is 66.9 Å². The van der Waals surface area contributed by atoms with Crippen LogP contribution in [0.25, 0.3) is 0 Å². The van der Waals surface area contributed by atoms with Gasteiger partial charge < -0.3 is 16.0 Å². The molecule has 0 radical (unpaired) electrons. The van der Waals surface area contributed by atoms with Gasteiger partial charge in [0, 0.05) is 32.2 Å². The van der Waals surface area contributed by atoms with Crippen LogP contribution in [0.2, 0.25) is 0 Å². The van der Waals surface area contributed by atoms with Gasteiger partial charge in [-0.05, 0) is 25.7 Å². The number of carbonyl (C=O) groups is 2. The molecule has 2 amide bonds. The highest BCUT2D eigenvalue weighted by molar-refractivity contribution is 5.85. The van der Waals surface area contributed by atoms with Crippen LogP contribution in [0.1, 0.15) is 25.7 Å². The smallest absolute Gasteiger partial charge is 0.239 e. The average molecular weight is 268 g/mol. The highest BCUT2D eigenvalue weighted by Crippen LogP contribution is 2.18. The monoisotopic (exact) mass is 268 g/mol. The molecule has 0 aromatic heterocycles. The molecule has 1 aliphatic carbocycles. The maximum Gasteiger partial charge on any atom is 0.239 e. The van der Waals surface area contributed by atoms with Crippen molar-refractivity contribution in [3.63, 3.8) is 0 Å². The zero-order valence-electron chi connectivity index (χ0n) is 11.6. The standard InChI is InChI=1S/C13H24N4O2/c1-16(8-12(18)15-11-2-3-11)13(19)9-17-6-4-10(14)5-7-17/h10-11H,2-9,14H2,1H3,(H,15,18). The topological polar surface area (TPSA) is 78.7 Å². The lowest BCUT2D eigenvalue weighted by Gasteiger charge is -2.30. The number of nitrogens with zero attached hydrogens (tertiary/aromatic N) is 2. The largest absolute Gasteiger partial charge is 0.352 e. The zero-order chi connectivity index (χ0) is 13.8. The maximum atomic E-state index is 12.0. The molecule has 108 valence electrons. The normalized spacial score (nSPS) is 21.2. The number of hydrogen-bond acceptors (Lipinski definition) is 4. The van der Waals surface area contributed by atoms with E-state index in [1.165, 1.54) is 4.90 Å². The molecule has 6 heteroatoms. The van der Waals surface area contributed by atoms with Gasteiger partial charge in [-0.25, -0.2) is 0 Å².